The lowest BCUT2D eigenvalue weighted by molar-refractivity contribution is -0.172. The summed E-state index contributed by atoms with van der Waals surface area (Å²) in [5.41, 5.74) is 0.817. The average Bonchev–Trinajstić information content (AvgIpc) is 2.31. The predicted octanol–water partition coefficient (Wildman–Crippen LogP) is 2.21. The maximum Gasteiger partial charge on any atom is 0.411 e. The van der Waals surface area contributed by atoms with Gasteiger partial charge >= 0.3 is 6.18 Å². The highest BCUT2D eigenvalue weighted by atomic mass is 19.4. The number of nitrogens with zero attached hydrogens (tertiary/aromatic N) is 2. The Labute approximate surface area is 109 Å². The molecule has 1 aromatic rings. The van der Waals surface area contributed by atoms with Gasteiger partial charge in [-0.05, 0) is 13.8 Å². The van der Waals surface area contributed by atoms with Crippen LogP contribution < -0.4 is 10.6 Å². The van der Waals surface area contributed by atoms with Crippen molar-refractivity contribution in [2.75, 3.05) is 36.9 Å². The number of halogens is 3. The number of aryl methyl sites for hydroxylation is 1. The lowest BCUT2D eigenvalue weighted by Crippen LogP contribution is -2.20. The molecule has 5 nitrogen and oxygen atoms in total. The summed E-state index contributed by atoms with van der Waals surface area (Å²) in [7, 11) is 0. The molecule has 0 bridgehead atoms. The van der Waals surface area contributed by atoms with Gasteiger partial charge in [0.25, 0.3) is 0 Å². The van der Waals surface area contributed by atoms with Crippen LogP contribution in [-0.4, -0.2) is 42.4 Å². The number of hydrogen-bond donors (Lipinski definition) is 2. The van der Waals surface area contributed by atoms with E-state index in [1.807, 2.05) is 13.8 Å². The minimum absolute atomic E-state index is 0.0422. The second-order valence-electron chi connectivity index (χ2n) is 3.85. The highest BCUT2D eigenvalue weighted by molar-refractivity contribution is 5.46. The number of rotatable bonds is 7. The van der Waals surface area contributed by atoms with Crippen LogP contribution in [0.1, 0.15) is 12.5 Å². The number of hydrogen-bond acceptors (Lipinski definition) is 5. The Morgan fingerprint density at radius 3 is 2.68 bits per heavy atom. The van der Waals surface area contributed by atoms with Crippen LogP contribution in [0, 0.1) is 6.92 Å². The molecule has 0 aliphatic rings. The molecule has 19 heavy (non-hydrogen) atoms. The van der Waals surface area contributed by atoms with E-state index in [9.17, 15) is 13.2 Å². The van der Waals surface area contributed by atoms with E-state index in [0.29, 0.717) is 18.3 Å². The summed E-state index contributed by atoms with van der Waals surface area (Å²) in [6.45, 7) is 3.40. The molecular weight excluding hydrogens is 261 g/mol. The van der Waals surface area contributed by atoms with Gasteiger partial charge in [-0.25, -0.2) is 4.98 Å². The van der Waals surface area contributed by atoms with Crippen LogP contribution in [0.15, 0.2) is 6.20 Å². The molecule has 1 rings (SSSR count). The molecule has 0 unspecified atom stereocenters. The van der Waals surface area contributed by atoms with Gasteiger partial charge in [0, 0.05) is 24.8 Å². The standard InChI is InChI=1S/C11H17F3N4O/c1-3-15-10-17-6-8(2)9(18-10)16-4-5-19-7-11(12,13)14/h6H,3-5,7H2,1-2H3,(H2,15,16,17,18). The number of ether oxygens (including phenoxy) is 1. The smallest absolute Gasteiger partial charge is 0.370 e. The van der Waals surface area contributed by atoms with Gasteiger partial charge in [0.05, 0.1) is 6.61 Å². The molecule has 108 valence electrons. The molecule has 0 aliphatic heterocycles. The summed E-state index contributed by atoms with van der Waals surface area (Å²) < 4.78 is 40.0. The molecule has 0 aliphatic carbocycles. The lowest BCUT2D eigenvalue weighted by Gasteiger charge is -2.11. The van der Waals surface area contributed by atoms with E-state index >= 15 is 0 Å². The van der Waals surface area contributed by atoms with Crippen LogP contribution in [0.4, 0.5) is 24.9 Å². The molecule has 1 heterocycles. The second kappa shape index (κ2) is 7.13. The second-order valence-corrected chi connectivity index (χ2v) is 3.85. The molecule has 0 atom stereocenters. The lowest BCUT2D eigenvalue weighted by atomic mass is 10.3. The van der Waals surface area contributed by atoms with Gasteiger partial charge in [0.15, 0.2) is 0 Å². The number of nitrogens with one attached hydrogen (secondary N) is 2. The van der Waals surface area contributed by atoms with Crippen LogP contribution >= 0.6 is 0 Å². The fraction of sp³-hybridized carbons (Fsp3) is 0.636. The van der Waals surface area contributed by atoms with Crippen molar-refractivity contribution in [3.8, 4) is 0 Å². The highest BCUT2D eigenvalue weighted by Crippen LogP contribution is 2.14. The molecule has 2 N–H and O–H groups in total. The largest absolute Gasteiger partial charge is 0.411 e. The summed E-state index contributed by atoms with van der Waals surface area (Å²) in [4.78, 5) is 8.26. The highest BCUT2D eigenvalue weighted by Gasteiger charge is 2.27. The predicted molar refractivity (Wildman–Crippen MR) is 66.3 cm³/mol. The third-order valence-corrected chi connectivity index (χ3v) is 2.11. The molecule has 0 radical (unpaired) electrons. The van der Waals surface area contributed by atoms with Crippen molar-refractivity contribution in [2.45, 2.75) is 20.0 Å². The van der Waals surface area contributed by atoms with Gasteiger partial charge in [-0.15, -0.1) is 0 Å². The number of aromatic nitrogens is 2. The van der Waals surface area contributed by atoms with Gasteiger partial charge in [-0.1, -0.05) is 0 Å². The summed E-state index contributed by atoms with van der Waals surface area (Å²) in [6.07, 6.45) is -2.65. The maximum absolute atomic E-state index is 11.8. The Bertz CT molecular complexity index is 398. The minimum Gasteiger partial charge on any atom is -0.370 e. The molecule has 1 aromatic heterocycles. The first-order valence-electron chi connectivity index (χ1n) is 5.88. The van der Waals surface area contributed by atoms with Crippen LogP contribution in [0.3, 0.4) is 0 Å². The van der Waals surface area contributed by atoms with Crippen molar-refractivity contribution in [3.63, 3.8) is 0 Å². The SMILES string of the molecule is CCNc1ncc(C)c(NCCOCC(F)(F)F)n1. The summed E-state index contributed by atoms with van der Waals surface area (Å²) in [6, 6.07) is 0. The van der Waals surface area contributed by atoms with Gasteiger partial charge in [0.2, 0.25) is 5.95 Å². The first-order valence-corrected chi connectivity index (χ1v) is 5.88. The summed E-state index contributed by atoms with van der Waals surface area (Å²) in [5, 5.41) is 5.87. The van der Waals surface area contributed by atoms with Crippen molar-refractivity contribution in [1.29, 1.82) is 0 Å². The van der Waals surface area contributed by atoms with E-state index in [-0.39, 0.29) is 13.2 Å². The van der Waals surface area contributed by atoms with Crippen molar-refractivity contribution >= 4 is 11.8 Å². The fourth-order valence-electron chi connectivity index (χ4n) is 1.29. The molecule has 0 saturated carbocycles. The number of anilines is 2. The van der Waals surface area contributed by atoms with Crippen molar-refractivity contribution in [1.82, 2.24) is 9.97 Å². The zero-order chi connectivity index (χ0) is 14.3. The van der Waals surface area contributed by atoms with Crippen molar-refractivity contribution < 1.29 is 17.9 Å². The van der Waals surface area contributed by atoms with Crippen LogP contribution in [-0.2, 0) is 4.74 Å². The number of alkyl halides is 3. The topological polar surface area (TPSA) is 59.1 Å². The van der Waals surface area contributed by atoms with Crippen molar-refractivity contribution in [3.05, 3.63) is 11.8 Å². The quantitative estimate of drug-likeness (QED) is 0.749. The summed E-state index contributed by atoms with van der Waals surface area (Å²) in [5.74, 6) is 1.06. The Morgan fingerprint density at radius 2 is 2.05 bits per heavy atom. The average molecular weight is 278 g/mol. The Kier molecular flexibility index (Phi) is 5.81. The van der Waals surface area contributed by atoms with Crippen LogP contribution in [0.5, 0.6) is 0 Å². The molecular formula is C11H17F3N4O. The van der Waals surface area contributed by atoms with Crippen molar-refractivity contribution in [2.24, 2.45) is 0 Å². The fourth-order valence-corrected chi connectivity index (χ4v) is 1.29. The Hall–Kier alpha value is -1.57. The van der Waals surface area contributed by atoms with E-state index in [2.05, 4.69) is 25.3 Å². The van der Waals surface area contributed by atoms with Gasteiger partial charge < -0.3 is 15.4 Å². The maximum atomic E-state index is 11.8. The molecule has 0 saturated heterocycles. The monoisotopic (exact) mass is 278 g/mol. The molecule has 0 fully saturated rings. The van der Waals surface area contributed by atoms with E-state index in [4.69, 9.17) is 0 Å². The van der Waals surface area contributed by atoms with E-state index in [1.165, 1.54) is 0 Å². The summed E-state index contributed by atoms with van der Waals surface area (Å²) >= 11 is 0. The van der Waals surface area contributed by atoms with E-state index in [0.717, 1.165) is 5.56 Å². The molecule has 0 amide bonds. The first kappa shape index (κ1) is 15.5. The Morgan fingerprint density at radius 1 is 1.32 bits per heavy atom. The van der Waals surface area contributed by atoms with Crippen LogP contribution in [0.2, 0.25) is 0 Å². The third kappa shape index (κ3) is 6.23. The van der Waals surface area contributed by atoms with Crippen LogP contribution in [0.25, 0.3) is 0 Å². The third-order valence-electron chi connectivity index (χ3n) is 2.11. The van der Waals surface area contributed by atoms with Gasteiger partial charge in [-0.3, -0.25) is 0 Å². The molecule has 0 aromatic carbocycles. The van der Waals surface area contributed by atoms with E-state index < -0.39 is 12.8 Å². The van der Waals surface area contributed by atoms with Gasteiger partial charge in [-0.2, -0.15) is 18.2 Å². The molecule has 0 spiro atoms. The van der Waals surface area contributed by atoms with E-state index in [1.54, 1.807) is 6.20 Å². The normalized spacial score (nSPS) is 11.4. The zero-order valence-electron chi connectivity index (χ0n) is 10.8. The minimum atomic E-state index is -4.29. The first-order chi connectivity index (χ1) is 8.92. The zero-order valence-corrected chi connectivity index (χ0v) is 10.8. The Balaban J connectivity index is 2.38. The van der Waals surface area contributed by atoms with Gasteiger partial charge in [0.1, 0.15) is 12.4 Å². The molecule has 8 heteroatoms.